The van der Waals surface area contributed by atoms with Crippen molar-refractivity contribution >= 4 is 33.3 Å². The predicted molar refractivity (Wildman–Crippen MR) is 124 cm³/mol. The average molecular weight is 402 g/mol. The molecule has 5 aromatic rings. The van der Waals surface area contributed by atoms with Gasteiger partial charge in [-0.3, -0.25) is 4.79 Å². The van der Waals surface area contributed by atoms with Crippen LogP contribution in [0.15, 0.2) is 103 Å². The molecule has 0 aliphatic heterocycles. The molecule has 0 aromatic heterocycles. The molecule has 31 heavy (non-hydrogen) atoms. The number of hydrogen-bond acceptors (Lipinski definition) is 2. The number of fused-ring (bicyclic) bond motifs is 2. The van der Waals surface area contributed by atoms with Crippen molar-refractivity contribution < 1.29 is 14.7 Å². The fourth-order valence-corrected chi connectivity index (χ4v) is 4.04. The maximum atomic E-state index is 13.6. The molecule has 0 radical (unpaired) electrons. The third-order valence-corrected chi connectivity index (χ3v) is 5.59. The smallest absolute Gasteiger partial charge is 0.336 e. The SMILES string of the molecule is O=C(O)c1ccc(-c2ccccc2)cc1C(=O)c1cccc2cc3ccccc3cc12. The molecule has 3 nitrogen and oxygen atoms in total. The van der Waals surface area contributed by atoms with Crippen LogP contribution in [-0.2, 0) is 0 Å². The first kappa shape index (κ1) is 18.8. The van der Waals surface area contributed by atoms with E-state index in [2.05, 4.69) is 6.07 Å². The predicted octanol–water partition coefficient (Wildman–Crippen LogP) is 6.59. The van der Waals surface area contributed by atoms with E-state index < -0.39 is 5.97 Å². The van der Waals surface area contributed by atoms with Gasteiger partial charge in [0.2, 0.25) is 0 Å². The highest BCUT2D eigenvalue weighted by Gasteiger charge is 2.21. The van der Waals surface area contributed by atoms with Crippen LogP contribution < -0.4 is 0 Å². The van der Waals surface area contributed by atoms with Crippen molar-refractivity contribution in [2.45, 2.75) is 0 Å². The molecule has 0 heterocycles. The maximum Gasteiger partial charge on any atom is 0.336 e. The Kier molecular flexibility index (Phi) is 4.57. The van der Waals surface area contributed by atoms with Crippen LogP contribution in [-0.4, -0.2) is 16.9 Å². The molecule has 0 bridgehead atoms. The van der Waals surface area contributed by atoms with E-state index >= 15 is 0 Å². The third kappa shape index (κ3) is 3.36. The van der Waals surface area contributed by atoms with Crippen LogP contribution in [0.5, 0.6) is 0 Å². The molecule has 148 valence electrons. The van der Waals surface area contributed by atoms with Gasteiger partial charge in [0.25, 0.3) is 0 Å². The summed E-state index contributed by atoms with van der Waals surface area (Å²) in [5.74, 6) is -1.41. The molecule has 3 heteroatoms. The second-order valence-electron chi connectivity index (χ2n) is 7.49. The lowest BCUT2D eigenvalue weighted by Gasteiger charge is -2.12. The first-order valence-electron chi connectivity index (χ1n) is 10.0. The fourth-order valence-electron chi connectivity index (χ4n) is 4.04. The molecule has 5 rings (SSSR count). The molecule has 0 fully saturated rings. The van der Waals surface area contributed by atoms with Gasteiger partial charge in [-0.05, 0) is 56.9 Å². The highest BCUT2D eigenvalue weighted by Crippen LogP contribution is 2.29. The standard InChI is InChI=1S/C28H18O3/c29-27(23-12-6-11-22-15-19-9-4-5-10-20(19)16-25(22)23)26-17-21(13-14-24(26)28(30)31)18-7-2-1-3-8-18/h1-17H,(H,30,31). The van der Waals surface area contributed by atoms with Gasteiger partial charge >= 0.3 is 5.97 Å². The van der Waals surface area contributed by atoms with E-state index in [1.165, 1.54) is 6.07 Å². The molecule has 1 N–H and O–H groups in total. The highest BCUT2D eigenvalue weighted by atomic mass is 16.4. The first-order chi connectivity index (χ1) is 15.1. The normalized spacial score (nSPS) is 11.0. The van der Waals surface area contributed by atoms with E-state index in [1.54, 1.807) is 18.2 Å². The highest BCUT2D eigenvalue weighted by molar-refractivity contribution is 6.21. The van der Waals surface area contributed by atoms with Gasteiger partial charge in [0.1, 0.15) is 0 Å². The lowest BCUT2D eigenvalue weighted by atomic mass is 9.91. The van der Waals surface area contributed by atoms with Crippen LogP contribution in [0.4, 0.5) is 0 Å². The van der Waals surface area contributed by atoms with E-state index in [0.29, 0.717) is 5.56 Å². The van der Waals surface area contributed by atoms with Crippen LogP contribution >= 0.6 is 0 Å². The number of aromatic carboxylic acids is 1. The molecule has 0 amide bonds. The van der Waals surface area contributed by atoms with Gasteiger partial charge in [0, 0.05) is 11.1 Å². The van der Waals surface area contributed by atoms with Crippen molar-refractivity contribution in [2.75, 3.05) is 0 Å². The lowest BCUT2D eigenvalue weighted by Crippen LogP contribution is -2.10. The summed E-state index contributed by atoms with van der Waals surface area (Å²) in [6.45, 7) is 0. The first-order valence-corrected chi connectivity index (χ1v) is 10.0. The number of rotatable bonds is 4. The van der Waals surface area contributed by atoms with E-state index in [-0.39, 0.29) is 16.9 Å². The fraction of sp³-hybridized carbons (Fsp3) is 0. The van der Waals surface area contributed by atoms with Gasteiger partial charge in [-0.25, -0.2) is 4.79 Å². The summed E-state index contributed by atoms with van der Waals surface area (Å²) in [6.07, 6.45) is 0. The van der Waals surface area contributed by atoms with E-state index in [4.69, 9.17) is 0 Å². The Morgan fingerprint density at radius 2 is 1.19 bits per heavy atom. The zero-order valence-corrected chi connectivity index (χ0v) is 16.6. The Balaban J connectivity index is 1.72. The van der Waals surface area contributed by atoms with Crippen molar-refractivity contribution in [3.8, 4) is 11.1 Å². The largest absolute Gasteiger partial charge is 0.478 e. The number of carbonyl (C=O) groups is 2. The van der Waals surface area contributed by atoms with E-state index in [1.807, 2.05) is 72.8 Å². The average Bonchev–Trinajstić information content (AvgIpc) is 2.82. The van der Waals surface area contributed by atoms with Crippen molar-refractivity contribution in [3.63, 3.8) is 0 Å². The molecular formula is C28H18O3. The van der Waals surface area contributed by atoms with Crippen LogP contribution in [0.2, 0.25) is 0 Å². The van der Waals surface area contributed by atoms with Crippen LogP contribution in [0, 0.1) is 0 Å². The topological polar surface area (TPSA) is 54.4 Å². The summed E-state index contributed by atoms with van der Waals surface area (Å²) in [7, 11) is 0. The molecule has 0 spiro atoms. The quantitative estimate of drug-likeness (QED) is 0.272. The monoisotopic (exact) mass is 402 g/mol. The van der Waals surface area contributed by atoms with E-state index in [9.17, 15) is 14.7 Å². The Morgan fingerprint density at radius 3 is 1.94 bits per heavy atom. The minimum Gasteiger partial charge on any atom is -0.478 e. The minimum absolute atomic E-state index is 0.00229. The number of carboxylic acids is 1. The van der Waals surface area contributed by atoms with Crippen LogP contribution in [0.25, 0.3) is 32.7 Å². The number of carboxylic acid groups (broad SMARTS) is 1. The molecule has 5 aromatic carbocycles. The Hall–Kier alpha value is -4.24. The van der Waals surface area contributed by atoms with Crippen molar-refractivity contribution in [2.24, 2.45) is 0 Å². The summed E-state index contributed by atoms with van der Waals surface area (Å²) in [5.41, 5.74) is 2.42. The zero-order chi connectivity index (χ0) is 21.4. The molecule has 0 unspecified atom stereocenters. The molecule has 0 saturated heterocycles. The molecule has 0 aliphatic carbocycles. The Bertz CT molecular complexity index is 1470. The summed E-state index contributed by atoms with van der Waals surface area (Å²) in [5, 5.41) is 13.6. The van der Waals surface area contributed by atoms with Gasteiger partial charge in [-0.1, -0.05) is 78.9 Å². The van der Waals surface area contributed by atoms with Gasteiger partial charge in [-0.15, -0.1) is 0 Å². The van der Waals surface area contributed by atoms with Crippen LogP contribution in [0.3, 0.4) is 0 Å². The summed E-state index contributed by atoms with van der Waals surface area (Å²) in [4.78, 5) is 25.5. The van der Waals surface area contributed by atoms with Crippen molar-refractivity contribution in [3.05, 3.63) is 120 Å². The Labute approximate surface area is 179 Å². The lowest BCUT2D eigenvalue weighted by molar-refractivity contribution is 0.0693. The summed E-state index contributed by atoms with van der Waals surface area (Å²) < 4.78 is 0. The maximum absolute atomic E-state index is 13.6. The summed E-state index contributed by atoms with van der Waals surface area (Å²) >= 11 is 0. The number of hydrogen-bond donors (Lipinski definition) is 1. The molecule has 0 saturated carbocycles. The zero-order valence-electron chi connectivity index (χ0n) is 16.6. The molecule has 0 atom stereocenters. The third-order valence-electron chi connectivity index (χ3n) is 5.59. The van der Waals surface area contributed by atoms with Crippen molar-refractivity contribution in [1.82, 2.24) is 0 Å². The second-order valence-corrected chi connectivity index (χ2v) is 7.49. The van der Waals surface area contributed by atoms with Gasteiger partial charge in [0.15, 0.2) is 5.78 Å². The second kappa shape index (κ2) is 7.54. The molecule has 0 aliphatic rings. The molecular weight excluding hydrogens is 384 g/mol. The minimum atomic E-state index is -1.12. The van der Waals surface area contributed by atoms with Crippen LogP contribution in [0.1, 0.15) is 26.3 Å². The number of benzene rings is 5. The van der Waals surface area contributed by atoms with Crippen molar-refractivity contribution in [1.29, 1.82) is 0 Å². The summed E-state index contributed by atoms with van der Waals surface area (Å²) in [6, 6.07) is 32.2. The number of ketones is 1. The van der Waals surface area contributed by atoms with E-state index in [0.717, 1.165) is 32.7 Å². The number of carbonyl (C=O) groups excluding carboxylic acids is 1. The van der Waals surface area contributed by atoms with Gasteiger partial charge in [-0.2, -0.15) is 0 Å². The van der Waals surface area contributed by atoms with Gasteiger partial charge < -0.3 is 5.11 Å². The Morgan fingerprint density at radius 1 is 0.516 bits per heavy atom. The van der Waals surface area contributed by atoms with Gasteiger partial charge in [0.05, 0.1) is 5.56 Å².